The van der Waals surface area contributed by atoms with E-state index in [-0.39, 0.29) is 24.8 Å². The molecular formula is C15H24Cl3N3. The maximum Gasteiger partial charge on any atom is 0.0410 e. The van der Waals surface area contributed by atoms with E-state index in [1.165, 1.54) is 24.8 Å². The van der Waals surface area contributed by atoms with Crippen LogP contribution in [0, 0.1) is 5.92 Å². The van der Waals surface area contributed by atoms with E-state index in [9.17, 15) is 0 Å². The van der Waals surface area contributed by atoms with E-state index in [1.807, 2.05) is 12.1 Å². The van der Waals surface area contributed by atoms with Crippen LogP contribution in [0.4, 0.5) is 5.69 Å². The largest absolute Gasteiger partial charge is 0.398 e. The Bertz CT molecular complexity index is 446. The molecule has 3 rings (SSSR count). The Morgan fingerprint density at radius 1 is 1.24 bits per heavy atom. The summed E-state index contributed by atoms with van der Waals surface area (Å²) in [5, 5.41) is 4.21. The normalized spacial score (nSPS) is 20.2. The summed E-state index contributed by atoms with van der Waals surface area (Å²) in [6, 6.07) is 6.33. The van der Waals surface area contributed by atoms with E-state index in [0.29, 0.717) is 6.04 Å². The molecule has 0 amide bonds. The van der Waals surface area contributed by atoms with Gasteiger partial charge in [-0.15, -0.1) is 24.8 Å². The average Bonchev–Trinajstić information content (AvgIpc) is 3.24. The van der Waals surface area contributed by atoms with Crippen molar-refractivity contribution < 1.29 is 0 Å². The quantitative estimate of drug-likeness (QED) is 0.815. The number of hydrogen-bond donors (Lipinski definition) is 2. The van der Waals surface area contributed by atoms with Gasteiger partial charge in [-0.05, 0) is 36.1 Å². The monoisotopic (exact) mass is 351 g/mol. The van der Waals surface area contributed by atoms with Crippen molar-refractivity contribution in [3.63, 3.8) is 0 Å². The van der Waals surface area contributed by atoms with E-state index >= 15 is 0 Å². The van der Waals surface area contributed by atoms with Gasteiger partial charge in [0.2, 0.25) is 0 Å². The van der Waals surface area contributed by atoms with Crippen LogP contribution in [0.5, 0.6) is 0 Å². The molecule has 6 heteroatoms. The smallest absolute Gasteiger partial charge is 0.0410 e. The summed E-state index contributed by atoms with van der Waals surface area (Å²) in [6.07, 6.45) is 3.98. The lowest BCUT2D eigenvalue weighted by atomic mass is 9.97. The van der Waals surface area contributed by atoms with Crippen LogP contribution < -0.4 is 11.1 Å². The molecule has 1 aromatic rings. The van der Waals surface area contributed by atoms with Gasteiger partial charge in [0, 0.05) is 42.9 Å². The molecule has 2 fully saturated rings. The highest BCUT2D eigenvalue weighted by Gasteiger charge is 2.31. The Morgan fingerprint density at radius 3 is 2.52 bits per heavy atom. The Morgan fingerprint density at radius 2 is 1.90 bits per heavy atom. The molecule has 0 radical (unpaired) electrons. The van der Waals surface area contributed by atoms with E-state index in [1.54, 1.807) is 0 Å². The minimum atomic E-state index is 0. The summed E-state index contributed by atoms with van der Waals surface area (Å²) in [7, 11) is 0. The fraction of sp³-hybridized carbons (Fsp3) is 0.600. The molecule has 1 heterocycles. The summed E-state index contributed by atoms with van der Waals surface area (Å²) in [6.45, 7) is 4.34. The molecule has 0 unspecified atom stereocenters. The summed E-state index contributed by atoms with van der Waals surface area (Å²) < 4.78 is 0. The van der Waals surface area contributed by atoms with E-state index < -0.39 is 0 Å². The number of nitrogens with zero attached hydrogens (tertiary/aromatic N) is 1. The Hall–Kier alpha value is -0.190. The molecule has 3 nitrogen and oxygen atoms in total. The second-order valence-corrected chi connectivity index (χ2v) is 6.19. The SMILES string of the molecule is Cl.Cl.Nc1ccc(Cl)cc1[C@H](CC1CC1)N1CCNCC1. The molecule has 21 heavy (non-hydrogen) atoms. The van der Waals surface area contributed by atoms with Gasteiger partial charge in [0.05, 0.1) is 0 Å². The lowest BCUT2D eigenvalue weighted by Crippen LogP contribution is -2.45. The fourth-order valence-corrected chi connectivity index (χ4v) is 3.15. The number of halogens is 3. The van der Waals surface area contributed by atoms with Gasteiger partial charge >= 0.3 is 0 Å². The van der Waals surface area contributed by atoms with Gasteiger partial charge in [-0.25, -0.2) is 0 Å². The molecule has 1 aromatic carbocycles. The maximum absolute atomic E-state index is 6.19. The summed E-state index contributed by atoms with van der Waals surface area (Å²) in [5.74, 6) is 0.887. The molecule has 2 aliphatic rings. The number of rotatable bonds is 4. The van der Waals surface area contributed by atoms with Crippen LogP contribution in [0.3, 0.4) is 0 Å². The first-order valence-corrected chi connectivity index (χ1v) is 7.61. The third-order valence-electron chi connectivity index (χ3n) is 4.25. The average molecular weight is 353 g/mol. The van der Waals surface area contributed by atoms with Gasteiger partial charge in [-0.1, -0.05) is 24.4 Å². The number of hydrogen-bond acceptors (Lipinski definition) is 3. The zero-order chi connectivity index (χ0) is 13.2. The Labute approximate surface area is 144 Å². The van der Waals surface area contributed by atoms with Crippen molar-refractivity contribution in [3.8, 4) is 0 Å². The maximum atomic E-state index is 6.19. The van der Waals surface area contributed by atoms with Crippen LogP contribution in [0.25, 0.3) is 0 Å². The highest BCUT2D eigenvalue weighted by Crippen LogP contribution is 2.41. The predicted molar refractivity (Wildman–Crippen MR) is 94.9 cm³/mol. The van der Waals surface area contributed by atoms with Gasteiger partial charge in [0.25, 0.3) is 0 Å². The molecular weight excluding hydrogens is 329 g/mol. The van der Waals surface area contributed by atoms with Crippen LogP contribution in [-0.4, -0.2) is 31.1 Å². The highest BCUT2D eigenvalue weighted by atomic mass is 35.5. The predicted octanol–water partition coefficient (Wildman–Crippen LogP) is 3.51. The molecule has 1 saturated carbocycles. The lowest BCUT2D eigenvalue weighted by molar-refractivity contribution is 0.161. The van der Waals surface area contributed by atoms with Crippen LogP contribution in [0.15, 0.2) is 18.2 Å². The number of nitrogens with one attached hydrogen (secondary N) is 1. The molecule has 0 spiro atoms. The summed E-state index contributed by atoms with van der Waals surface area (Å²) in [5.41, 5.74) is 8.30. The van der Waals surface area contributed by atoms with Gasteiger partial charge in [0.1, 0.15) is 0 Å². The number of nitrogens with two attached hydrogens (primary N) is 1. The van der Waals surface area contributed by atoms with Gasteiger partial charge < -0.3 is 11.1 Å². The topological polar surface area (TPSA) is 41.3 Å². The first-order valence-electron chi connectivity index (χ1n) is 7.24. The molecule has 3 N–H and O–H groups in total. The van der Waals surface area contributed by atoms with Crippen LogP contribution >= 0.6 is 36.4 Å². The number of nitrogen functional groups attached to an aromatic ring is 1. The first kappa shape index (κ1) is 18.9. The van der Waals surface area contributed by atoms with Crippen molar-refractivity contribution in [1.29, 1.82) is 0 Å². The van der Waals surface area contributed by atoms with Gasteiger partial charge in [-0.2, -0.15) is 0 Å². The van der Waals surface area contributed by atoms with Crippen LogP contribution in [0.1, 0.15) is 30.9 Å². The molecule has 0 aromatic heterocycles. The third-order valence-corrected chi connectivity index (χ3v) is 4.49. The van der Waals surface area contributed by atoms with Crippen molar-refractivity contribution in [2.75, 3.05) is 31.9 Å². The summed E-state index contributed by atoms with van der Waals surface area (Å²) in [4.78, 5) is 2.57. The molecule has 1 aliphatic carbocycles. The van der Waals surface area contributed by atoms with Crippen molar-refractivity contribution in [1.82, 2.24) is 10.2 Å². The second kappa shape index (κ2) is 8.44. The minimum absolute atomic E-state index is 0. The first-order chi connectivity index (χ1) is 9.24. The number of anilines is 1. The zero-order valence-electron chi connectivity index (χ0n) is 12.1. The number of piperazine rings is 1. The van der Waals surface area contributed by atoms with Crippen molar-refractivity contribution in [3.05, 3.63) is 28.8 Å². The highest BCUT2D eigenvalue weighted by molar-refractivity contribution is 6.30. The van der Waals surface area contributed by atoms with Crippen LogP contribution in [-0.2, 0) is 0 Å². The standard InChI is InChI=1S/C15H22ClN3.2ClH/c16-12-3-4-14(17)13(10-12)15(9-11-1-2-11)19-7-5-18-6-8-19;;/h3-4,10-11,15,18H,1-2,5-9,17H2;2*1H/t15-;;/m0../s1. The zero-order valence-corrected chi connectivity index (χ0v) is 14.4. The third kappa shape index (κ3) is 4.90. The Balaban J connectivity index is 0.00000110. The van der Waals surface area contributed by atoms with Gasteiger partial charge in [-0.3, -0.25) is 4.90 Å². The summed E-state index contributed by atoms with van der Waals surface area (Å²) >= 11 is 6.17. The lowest BCUT2D eigenvalue weighted by Gasteiger charge is -2.36. The van der Waals surface area contributed by atoms with E-state index in [2.05, 4.69) is 16.3 Å². The Kier molecular flexibility index (Phi) is 7.58. The number of benzene rings is 1. The van der Waals surface area contributed by atoms with Crippen LogP contribution in [0.2, 0.25) is 5.02 Å². The molecule has 1 saturated heterocycles. The fourth-order valence-electron chi connectivity index (χ4n) is 2.97. The van der Waals surface area contributed by atoms with Crippen molar-refractivity contribution in [2.24, 2.45) is 5.92 Å². The van der Waals surface area contributed by atoms with Crippen molar-refractivity contribution in [2.45, 2.75) is 25.3 Å². The molecule has 1 aliphatic heterocycles. The molecule has 0 bridgehead atoms. The molecule has 1 atom stereocenters. The molecule has 120 valence electrons. The van der Waals surface area contributed by atoms with Gasteiger partial charge in [0.15, 0.2) is 0 Å². The second-order valence-electron chi connectivity index (χ2n) is 5.75. The van der Waals surface area contributed by atoms with E-state index in [0.717, 1.165) is 42.8 Å². The van der Waals surface area contributed by atoms with Crippen molar-refractivity contribution >= 4 is 42.1 Å². The van der Waals surface area contributed by atoms with E-state index in [4.69, 9.17) is 17.3 Å². The minimum Gasteiger partial charge on any atom is -0.398 e.